The van der Waals surface area contributed by atoms with Crippen LogP contribution in [0.3, 0.4) is 0 Å². The number of anilines is 1. The van der Waals surface area contributed by atoms with Gasteiger partial charge in [0, 0.05) is 28.7 Å². The Labute approximate surface area is 226 Å². The van der Waals surface area contributed by atoms with E-state index < -0.39 is 34.8 Å². The lowest BCUT2D eigenvalue weighted by Crippen LogP contribution is -2.57. The molecule has 9 heteroatoms. The van der Waals surface area contributed by atoms with Gasteiger partial charge in [0.05, 0.1) is 16.7 Å². The van der Waals surface area contributed by atoms with Crippen molar-refractivity contribution in [1.82, 2.24) is 10.6 Å². The second-order valence-electron chi connectivity index (χ2n) is 12.2. The number of hydrogen-bond acceptors (Lipinski definition) is 4. The molecular weight excluding hydrogens is 516 g/mol. The molecule has 1 saturated heterocycles. The first kappa shape index (κ1) is 26.4. The largest absolute Gasteiger partial charge is 0.390 e. The second kappa shape index (κ2) is 8.94. The zero-order chi connectivity index (χ0) is 26.9. The van der Waals surface area contributed by atoms with E-state index in [9.17, 15) is 14.7 Å². The number of carbonyl (C=O) groups excluding carboxylic acids is 2. The Morgan fingerprint density at radius 2 is 1.92 bits per heavy atom. The average molecular weight is 548 g/mol. The molecule has 1 unspecified atom stereocenters. The van der Waals surface area contributed by atoms with E-state index in [1.165, 1.54) is 6.07 Å². The maximum Gasteiger partial charge on any atom is 0.238 e. The summed E-state index contributed by atoms with van der Waals surface area (Å²) in [6, 6.07) is 8.29. The van der Waals surface area contributed by atoms with Gasteiger partial charge in [0.1, 0.15) is 11.2 Å². The molecule has 2 heterocycles. The van der Waals surface area contributed by atoms with Gasteiger partial charge < -0.3 is 21.1 Å². The van der Waals surface area contributed by atoms with Crippen LogP contribution in [0.4, 0.5) is 10.1 Å². The minimum Gasteiger partial charge on any atom is -0.390 e. The van der Waals surface area contributed by atoms with E-state index in [4.69, 9.17) is 23.2 Å². The number of benzene rings is 2. The van der Waals surface area contributed by atoms with Gasteiger partial charge in [-0.25, -0.2) is 4.39 Å². The first-order valence-corrected chi connectivity index (χ1v) is 13.3. The molecule has 0 bridgehead atoms. The average Bonchev–Trinajstić information content (AvgIpc) is 3.23. The van der Waals surface area contributed by atoms with Crippen LogP contribution in [-0.2, 0) is 15.0 Å². The molecule has 4 atom stereocenters. The molecule has 198 valence electrons. The van der Waals surface area contributed by atoms with Gasteiger partial charge in [-0.3, -0.25) is 9.59 Å². The second-order valence-corrected chi connectivity index (χ2v) is 13.0. The van der Waals surface area contributed by atoms with Crippen molar-refractivity contribution in [2.24, 2.45) is 5.41 Å². The van der Waals surface area contributed by atoms with Crippen LogP contribution in [0.5, 0.6) is 0 Å². The summed E-state index contributed by atoms with van der Waals surface area (Å²) in [5.74, 6) is -2.18. The van der Waals surface area contributed by atoms with E-state index in [1.807, 2.05) is 0 Å². The van der Waals surface area contributed by atoms with Crippen molar-refractivity contribution in [3.05, 3.63) is 63.4 Å². The maximum atomic E-state index is 15.7. The number of fused-ring (bicyclic) bond motifs is 2. The molecule has 5 rings (SSSR count). The molecule has 0 radical (unpaired) electrons. The van der Waals surface area contributed by atoms with E-state index in [0.29, 0.717) is 35.5 Å². The first-order valence-electron chi connectivity index (χ1n) is 12.6. The van der Waals surface area contributed by atoms with Crippen LogP contribution in [-0.4, -0.2) is 40.6 Å². The van der Waals surface area contributed by atoms with Crippen molar-refractivity contribution < 1.29 is 19.1 Å². The number of halogens is 3. The first-order chi connectivity index (χ1) is 17.2. The molecule has 2 aromatic rings. The Morgan fingerprint density at radius 1 is 1.22 bits per heavy atom. The summed E-state index contributed by atoms with van der Waals surface area (Å²) in [6.45, 7) is 7.93. The fourth-order valence-corrected chi connectivity index (χ4v) is 6.90. The minimum absolute atomic E-state index is 0.0733. The van der Waals surface area contributed by atoms with E-state index in [1.54, 1.807) is 37.3 Å². The van der Waals surface area contributed by atoms with Crippen molar-refractivity contribution in [2.45, 2.75) is 82.0 Å². The molecule has 1 spiro atoms. The van der Waals surface area contributed by atoms with Gasteiger partial charge in [0.15, 0.2) is 0 Å². The van der Waals surface area contributed by atoms with Crippen molar-refractivity contribution >= 4 is 40.7 Å². The summed E-state index contributed by atoms with van der Waals surface area (Å²) in [7, 11) is 0. The Hall–Kier alpha value is -2.19. The van der Waals surface area contributed by atoms with E-state index in [2.05, 4.69) is 36.7 Å². The van der Waals surface area contributed by atoms with Crippen LogP contribution in [0.25, 0.3) is 0 Å². The van der Waals surface area contributed by atoms with Crippen LogP contribution in [0.15, 0.2) is 36.4 Å². The molecule has 0 aromatic heterocycles. The lowest BCUT2D eigenvalue weighted by Gasteiger charge is -2.42. The highest BCUT2D eigenvalue weighted by Gasteiger charge is 2.66. The number of aliphatic hydroxyl groups is 1. The third kappa shape index (κ3) is 4.44. The molecule has 2 aliphatic heterocycles. The summed E-state index contributed by atoms with van der Waals surface area (Å²) >= 11 is 12.5. The summed E-state index contributed by atoms with van der Waals surface area (Å²) in [5.41, 5.74) is -0.882. The fourth-order valence-electron chi connectivity index (χ4n) is 6.55. The summed E-state index contributed by atoms with van der Waals surface area (Å²) in [4.78, 5) is 27.9. The monoisotopic (exact) mass is 547 g/mol. The van der Waals surface area contributed by atoms with Crippen LogP contribution < -0.4 is 16.0 Å². The zero-order valence-corrected chi connectivity index (χ0v) is 22.8. The molecule has 2 aromatic carbocycles. The molecule has 4 N–H and O–H groups in total. The minimum atomic E-state index is -1.29. The predicted molar refractivity (Wildman–Crippen MR) is 142 cm³/mol. The Kier molecular flexibility index (Phi) is 6.38. The quantitative estimate of drug-likeness (QED) is 0.437. The molecule has 2 amide bonds. The number of rotatable bonds is 4. The number of hydrogen-bond donors (Lipinski definition) is 4. The van der Waals surface area contributed by atoms with E-state index in [-0.39, 0.29) is 33.9 Å². The Bertz CT molecular complexity index is 1270. The van der Waals surface area contributed by atoms with Gasteiger partial charge in [0.25, 0.3) is 0 Å². The van der Waals surface area contributed by atoms with E-state index >= 15 is 4.39 Å². The summed E-state index contributed by atoms with van der Waals surface area (Å²) in [6.07, 6.45) is 1.41. The van der Waals surface area contributed by atoms with Crippen LogP contribution in [0, 0.1) is 11.2 Å². The zero-order valence-electron chi connectivity index (χ0n) is 21.3. The molecule has 37 heavy (non-hydrogen) atoms. The molecule has 1 saturated carbocycles. The third-order valence-corrected chi connectivity index (χ3v) is 8.47. The van der Waals surface area contributed by atoms with Gasteiger partial charge >= 0.3 is 0 Å². The van der Waals surface area contributed by atoms with Gasteiger partial charge in [-0.1, -0.05) is 62.2 Å². The topological polar surface area (TPSA) is 90.5 Å². The highest BCUT2D eigenvalue weighted by molar-refractivity contribution is 6.31. The van der Waals surface area contributed by atoms with Gasteiger partial charge in [-0.2, -0.15) is 0 Å². The predicted octanol–water partition coefficient (Wildman–Crippen LogP) is 4.91. The van der Waals surface area contributed by atoms with Crippen LogP contribution in [0.1, 0.15) is 64.0 Å². The lowest BCUT2D eigenvalue weighted by molar-refractivity contribution is -0.127. The highest BCUT2D eigenvalue weighted by Crippen LogP contribution is 2.57. The Morgan fingerprint density at radius 3 is 2.57 bits per heavy atom. The van der Waals surface area contributed by atoms with Gasteiger partial charge in [0.2, 0.25) is 11.8 Å². The van der Waals surface area contributed by atoms with Crippen molar-refractivity contribution in [1.29, 1.82) is 0 Å². The summed E-state index contributed by atoms with van der Waals surface area (Å²) < 4.78 is 15.7. The summed E-state index contributed by atoms with van der Waals surface area (Å²) in [5, 5.41) is 20.0. The van der Waals surface area contributed by atoms with Crippen molar-refractivity contribution in [3.8, 4) is 0 Å². The van der Waals surface area contributed by atoms with Crippen molar-refractivity contribution in [3.63, 3.8) is 0 Å². The van der Waals surface area contributed by atoms with E-state index in [0.717, 1.165) is 0 Å². The van der Waals surface area contributed by atoms with Crippen LogP contribution in [0.2, 0.25) is 10.0 Å². The van der Waals surface area contributed by atoms with Gasteiger partial charge in [-0.05, 0) is 60.9 Å². The molecular formula is C28H32Cl2FN3O3. The lowest BCUT2D eigenvalue weighted by atomic mass is 9.62. The molecule has 1 aliphatic carbocycles. The number of amides is 2. The van der Waals surface area contributed by atoms with Gasteiger partial charge in [-0.15, -0.1) is 0 Å². The molecule has 6 nitrogen and oxygen atoms in total. The molecule has 3 aliphatic rings. The molecule has 2 fully saturated rings. The SMILES string of the molecule is CC(C)(C)C[C@@H]1N[C@@H](C(=O)NC2CC(C)(O)C2)[C@H](c2cccc(Cl)c2F)C12C(=O)Nc1cc(Cl)ccc12. The Balaban J connectivity index is 1.69. The van der Waals surface area contributed by atoms with Crippen molar-refractivity contribution in [2.75, 3.05) is 5.32 Å². The number of nitrogens with one attached hydrogen (secondary N) is 3. The van der Waals surface area contributed by atoms with Crippen LogP contribution >= 0.6 is 23.2 Å². The maximum absolute atomic E-state index is 15.7. The normalized spacial score (nSPS) is 32.7. The number of carbonyl (C=O) groups is 2. The fraction of sp³-hybridized carbons (Fsp3) is 0.500. The highest BCUT2D eigenvalue weighted by atomic mass is 35.5. The standard InChI is InChI=1S/C28H32Cl2FN3O3/c1-26(2,3)13-20-28(17-9-8-14(29)10-19(17)33-25(28)36)21(16-6-5-7-18(30)22(16)31)23(34-20)24(35)32-15-11-27(4,37)12-15/h5-10,15,20-21,23,34,37H,11-13H2,1-4H3,(H,32,35)(H,33,36)/t15?,20-,21-,23+,27?,28?/m0/s1. The third-order valence-electron chi connectivity index (χ3n) is 7.94. The smallest absolute Gasteiger partial charge is 0.238 e.